The SMILES string of the molecule is C[C](C)COc1ccc(C)cc1C. The van der Waals surface area contributed by atoms with Gasteiger partial charge in [0.25, 0.3) is 0 Å². The average Bonchev–Trinajstić information content (AvgIpc) is 2.02. The zero-order valence-corrected chi connectivity index (χ0v) is 8.85. The lowest BCUT2D eigenvalue weighted by atomic mass is 10.1. The Hall–Kier alpha value is -0.980. The van der Waals surface area contributed by atoms with E-state index in [1.807, 2.05) is 6.07 Å². The van der Waals surface area contributed by atoms with Crippen LogP contribution in [-0.4, -0.2) is 6.61 Å². The predicted octanol–water partition coefficient (Wildman–Crippen LogP) is 3.30. The first-order valence-electron chi connectivity index (χ1n) is 4.58. The second kappa shape index (κ2) is 4.31. The quantitative estimate of drug-likeness (QED) is 0.688. The van der Waals surface area contributed by atoms with Crippen molar-refractivity contribution in [3.05, 3.63) is 35.2 Å². The van der Waals surface area contributed by atoms with Crippen molar-refractivity contribution in [1.29, 1.82) is 0 Å². The molecular formula is C12H17O. The number of hydrogen-bond donors (Lipinski definition) is 0. The van der Waals surface area contributed by atoms with E-state index in [9.17, 15) is 0 Å². The topological polar surface area (TPSA) is 9.23 Å². The summed E-state index contributed by atoms with van der Waals surface area (Å²) in [4.78, 5) is 0. The molecule has 0 spiro atoms. The van der Waals surface area contributed by atoms with Crippen molar-refractivity contribution in [3.8, 4) is 5.75 Å². The Morgan fingerprint density at radius 2 is 1.92 bits per heavy atom. The zero-order chi connectivity index (χ0) is 9.84. The first-order chi connectivity index (χ1) is 6.09. The Labute approximate surface area is 80.7 Å². The van der Waals surface area contributed by atoms with Crippen molar-refractivity contribution < 1.29 is 4.74 Å². The molecular weight excluding hydrogens is 160 g/mol. The third-order valence-electron chi connectivity index (χ3n) is 1.85. The second-order valence-corrected chi connectivity index (χ2v) is 3.76. The molecule has 1 rings (SSSR count). The highest BCUT2D eigenvalue weighted by atomic mass is 16.5. The molecule has 1 heteroatoms. The van der Waals surface area contributed by atoms with Crippen molar-refractivity contribution in [1.82, 2.24) is 0 Å². The first kappa shape index (κ1) is 10.1. The van der Waals surface area contributed by atoms with Gasteiger partial charge in [-0.05, 0) is 25.5 Å². The van der Waals surface area contributed by atoms with Crippen molar-refractivity contribution in [3.63, 3.8) is 0 Å². The summed E-state index contributed by atoms with van der Waals surface area (Å²) in [7, 11) is 0. The van der Waals surface area contributed by atoms with E-state index in [0.29, 0.717) is 6.61 Å². The van der Waals surface area contributed by atoms with Gasteiger partial charge in [0.1, 0.15) is 5.75 Å². The van der Waals surface area contributed by atoms with E-state index in [2.05, 4.69) is 39.8 Å². The van der Waals surface area contributed by atoms with E-state index in [1.54, 1.807) is 0 Å². The minimum Gasteiger partial charge on any atom is -0.493 e. The van der Waals surface area contributed by atoms with Crippen LogP contribution in [0.2, 0.25) is 0 Å². The van der Waals surface area contributed by atoms with E-state index >= 15 is 0 Å². The first-order valence-corrected chi connectivity index (χ1v) is 4.58. The lowest BCUT2D eigenvalue weighted by Crippen LogP contribution is -2.03. The van der Waals surface area contributed by atoms with Crippen molar-refractivity contribution >= 4 is 0 Å². The van der Waals surface area contributed by atoms with Crippen molar-refractivity contribution in [2.75, 3.05) is 6.61 Å². The summed E-state index contributed by atoms with van der Waals surface area (Å²) in [5, 5.41) is 0. The van der Waals surface area contributed by atoms with E-state index in [-0.39, 0.29) is 0 Å². The van der Waals surface area contributed by atoms with Crippen LogP contribution in [0.15, 0.2) is 18.2 Å². The standard InChI is InChI=1S/C12H17O/c1-9(2)8-13-12-6-5-10(3)7-11(12)4/h5-7H,8H2,1-4H3. The van der Waals surface area contributed by atoms with Gasteiger partial charge in [0, 0.05) is 5.92 Å². The summed E-state index contributed by atoms with van der Waals surface area (Å²) < 4.78 is 5.62. The molecule has 1 radical (unpaired) electrons. The molecule has 0 amide bonds. The van der Waals surface area contributed by atoms with Crippen LogP contribution in [0.3, 0.4) is 0 Å². The van der Waals surface area contributed by atoms with E-state index < -0.39 is 0 Å². The highest BCUT2D eigenvalue weighted by Gasteiger charge is 2.00. The van der Waals surface area contributed by atoms with E-state index in [1.165, 1.54) is 17.0 Å². The van der Waals surface area contributed by atoms with E-state index in [4.69, 9.17) is 4.74 Å². The van der Waals surface area contributed by atoms with Gasteiger partial charge >= 0.3 is 0 Å². The molecule has 1 aromatic carbocycles. The zero-order valence-electron chi connectivity index (χ0n) is 8.85. The van der Waals surface area contributed by atoms with Gasteiger partial charge in [-0.1, -0.05) is 31.5 Å². The maximum Gasteiger partial charge on any atom is 0.122 e. The molecule has 0 saturated carbocycles. The van der Waals surface area contributed by atoms with Crippen LogP contribution in [0, 0.1) is 19.8 Å². The summed E-state index contributed by atoms with van der Waals surface area (Å²) in [6.07, 6.45) is 0. The normalized spacial score (nSPS) is 10.5. The molecule has 0 aromatic heterocycles. The predicted molar refractivity (Wildman–Crippen MR) is 56.0 cm³/mol. The molecule has 71 valence electrons. The smallest absolute Gasteiger partial charge is 0.122 e. The number of benzene rings is 1. The van der Waals surface area contributed by atoms with Crippen molar-refractivity contribution in [2.45, 2.75) is 27.7 Å². The van der Waals surface area contributed by atoms with Crippen LogP contribution < -0.4 is 4.74 Å². The fourth-order valence-corrected chi connectivity index (χ4v) is 1.18. The molecule has 0 aliphatic carbocycles. The number of rotatable bonds is 3. The maximum absolute atomic E-state index is 5.62. The summed E-state index contributed by atoms with van der Waals surface area (Å²) in [5.41, 5.74) is 2.49. The molecule has 1 aromatic rings. The minimum absolute atomic E-state index is 0.712. The van der Waals surface area contributed by atoms with Gasteiger partial charge in [0.05, 0.1) is 6.61 Å². The highest BCUT2D eigenvalue weighted by molar-refractivity contribution is 5.35. The molecule has 1 nitrogen and oxygen atoms in total. The Morgan fingerprint density at radius 1 is 1.23 bits per heavy atom. The summed E-state index contributed by atoms with van der Waals surface area (Å²) in [5.74, 6) is 2.28. The Balaban J connectivity index is 2.67. The van der Waals surface area contributed by atoms with Gasteiger partial charge in [-0.2, -0.15) is 0 Å². The molecule has 0 bridgehead atoms. The molecule has 0 fully saturated rings. The fourth-order valence-electron chi connectivity index (χ4n) is 1.18. The van der Waals surface area contributed by atoms with Gasteiger partial charge in [-0.15, -0.1) is 0 Å². The largest absolute Gasteiger partial charge is 0.493 e. The number of ether oxygens (including phenoxy) is 1. The molecule has 0 aliphatic heterocycles. The molecule has 0 N–H and O–H groups in total. The van der Waals surface area contributed by atoms with Crippen LogP contribution >= 0.6 is 0 Å². The average molecular weight is 177 g/mol. The maximum atomic E-state index is 5.62. The van der Waals surface area contributed by atoms with Gasteiger partial charge in [-0.3, -0.25) is 0 Å². The number of aryl methyl sites for hydroxylation is 2. The van der Waals surface area contributed by atoms with Crippen LogP contribution in [0.5, 0.6) is 5.75 Å². The van der Waals surface area contributed by atoms with Gasteiger partial charge in [0.2, 0.25) is 0 Å². The lowest BCUT2D eigenvalue weighted by molar-refractivity contribution is 0.330. The summed E-state index contributed by atoms with van der Waals surface area (Å²) >= 11 is 0. The van der Waals surface area contributed by atoms with E-state index in [0.717, 1.165) is 5.75 Å². The molecule has 0 aliphatic rings. The highest BCUT2D eigenvalue weighted by Crippen LogP contribution is 2.19. The molecule has 13 heavy (non-hydrogen) atoms. The van der Waals surface area contributed by atoms with Gasteiger partial charge < -0.3 is 4.74 Å². The molecule has 0 saturated heterocycles. The third-order valence-corrected chi connectivity index (χ3v) is 1.85. The van der Waals surface area contributed by atoms with Crippen molar-refractivity contribution in [2.24, 2.45) is 0 Å². The molecule has 0 unspecified atom stereocenters. The minimum atomic E-state index is 0.712. The number of hydrogen-bond acceptors (Lipinski definition) is 1. The Kier molecular flexibility index (Phi) is 3.35. The Bertz CT molecular complexity index is 276. The molecule has 0 heterocycles. The Morgan fingerprint density at radius 3 is 2.46 bits per heavy atom. The summed E-state index contributed by atoms with van der Waals surface area (Å²) in [6, 6.07) is 6.25. The van der Waals surface area contributed by atoms with Crippen LogP contribution in [0.1, 0.15) is 25.0 Å². The van der Waals surface area contributed by atoms with Gasteiger partial charge in [-0.25, -0.2) is 0 Å². The van der Waals surface area contributed by atoms with Crippen LogP contribution in [0.4, 0.5) is 0 Å². The van der Waals surface area contributed by atoms with Crippen LogP contribution in [-0.2, 0) is 0 Å². The fraction of sp³-hybridized carbons (Fsp3) is 0.417. The molecule has 0 atom stereocenters. The van der Waals surface area contributed by atoms with Gasteiger partial charge in [0.15, 0.2) is 0 Å². The monoisotopic (exact) mass is 177 g/mol. The van der Waals surface area contributed by atoms with Crippen LogP contribution in [0.25, 0.3) is 0 Å². The lowest BCUT2D eigenvalue weighted by Gasteiger charge is -2.10. The second-order valence-electron chi connectivity index (χ2n) is 3.76. The third kappa shape index (κ3) is 3.10. The summed E-state index contributed by atoms with van der Waals surface area (Å²) in [6.45, 7) is 9.03.